The van der Waals surface area contributed by atoms with Gasteiger partial charge >= 0.3 is 0 Å². The number of anilines is 1. The fraction of sp³-hybridized carbons (Fsp3) is 0.304. The Morgan fingerprint density at radius 1 is 1.14 bits per heavy atom. The van der Waals surface area contributed by atoms with E-state index in [-0.39, 0.29) is 12.5 Å². The average molecular weight is 390 g/mol. The van der Waals surface area contributed by atoms with Crippen LogP contribution in [0, 0.1) is 12.8 Å². The zero-order valence-corrected chi connectivity index (χ0v) is 16.8. The largest absolute Gasteiger partial charge is 0.497 e. The Balaban J connectivity index is 1.58. The molecule has 2 aromatic carbocycles. The standard InChI is InChI=1S/C23H26N4O2/c1-16-3-9-19(10-4-16)27-15-21(18-7-11-20(29-2)12-8-18)25-23(27)26-22(28)14-24-13-17-5-6-17/h3-4,7-12,15,17,24H,5-6,13-14H2,1-2H3,(H,25,26,28). The molecule has 1 amide bonds. The molecule has 1 saturated carbocycles. The van der Waals surface area contributed by atoms with Crippen molar-refractivity contribution in [3.8, 4) is 22.7 Å². The predicted octanol–water partition coefficient (Wildman–Crippen LogP) is 3.79. The summed E-state index contributed by atoms with van der Waals surface area (Å²) in [6, 6.07) is 15.9. The number of carbonyl (C=O) groups is 1. The molecular formula is C23H26N4O2. The summed E-state index contributed by atoms with van der Waals surface area (Å²) in [4.78, 5) is 17.1. The Hall–Kier alpha value is -3.12. The van der Waals surface area contributed by atoms with Gasteiger partial charge in [-0.2, -0.15) is 0 Å². The summed E-state index contributed by atoms with van der Waals surface area (Å²) in [5, 5.41) is 6.18. The van der Waals surface area contributed by atoms with Gasteiger partial charge in [0.15, 0.2) is 0 Å². The second-order valence-corrected chi connectivity index (χ2v) is 7.51. The molecular weight excluding hydrogens is 364 g/mol. The number of ether oxygens (including phenoxy) is 1. The predicted molar refractivity (Wildman–Crippen MR) is 115 cm³/mol. The Morgan fingerprint density at radius 2 is 1.86 bits per heavy atom. The molecule has 0 bridgehead atoms. The second kappa shape index (κ2) is 8.49. The summed E-state index contributed by atoms with van der Waals surface area (Å²) >= 11 is 0. The molecule has 0 saturated heterocycles. The van der Waals surface area contributed by atoms with E-state index in [1.807, 2.05) is 59.3 Å². The summed E-state index contributed by atoms with van der Waals surface area (Å²) in [5.41, 5.74) is 3.87. The van der Waals surface area contributed by atoms with Gasteiger partial charge in [0.1, 0.15) is 5.75 Å². The van der Waals surface area contributed by atoms with E-state index in [9.17, 15) is 4.79 Å². The van der Waals surface area contributed by atoms with E-state index in [1.54, 1.807) is 7.11 Å². The van der Waals surface area contributed by atoms with Crippen LogP contribution in [0.25, 0.3) is 16.9 Å². The van der Waals surface area contributed by atoms with Gasteiger partial charge in [0, 0.05) is 17.4 Å². The van der Waals surface area contributed by atoms with Crippen molar-refractivity contribution < 1.29 is 9.53 Å². The van der Waals surface area contributed by atoms with Crippen molar-refractivity contribution in [2.24, 2.45) is 5.92 Å². The topological polar surface area (TPSA) is 68.2 Å². The molecule has 150 valence electrons. The lowest BCUT2D eigenvalue weighted by Crippen LogP contribution is -2.30. The molecule has 0 spiro atoms. The number of methoxy groups -OCH3 is 1. The lowest BCUT2D eigenvalue weighted by Gasteiger charge is -2.09. The Kier molecular flexibility index (Phi) is 5.62. The van der Waals surface area contributed by atoms with Gasteiger partial charge in [0.05, 0.1) is 19.3 Å². The van der Waals surface area contributed by atoms with E-state index >= 15 is 0 Å². The maximum atomic E-state index is 12.4. The van der Waals surface area contributed by atoms with Crippen LogP contribution in [-0.4, -0.2) is 35.7 Å². The highest BCUT2D eigenvalue weighted by Crippen LogP contribution is 2.28. The summed E-state index contributed by atoms with van der Waals surface area (Å²) in [5.74, 6) is 1.95. The van der Waals surface area contributed by atoms with Crippen molar-refractivity contribution in [2.75, 3.05) is 25.5 Å². The first-order valence-corrected chi connectivity index (χ1v) is 9.94. The molecule has 0 unspecified atom stereocenters. The van der Waals surface area contributed by atoms with Crippen LogP contribution < -0.4 is 15.4 Å². The molecule has 3 aromatic rings. The molecule has 1 aliphatic rings. The maximum Gasteiger partial charge on any atom is 0.240 e. The first kappa shape index (κ1) is 19.2. The first-order valence-electron chi connectivity index (χ1n) is 9.94. The van der Waals surface area contributed by atoms with Gasteiger partial charge in [-0.3, -0.25) is 14.7 Å². The van der Waals surface area contributed by atoms with E-state index in [0.29, 0.717) is 5.95 Å². The SMILES string of the molecule is COc1ccc(-c2cn(-c3ccc(C)cc3)c(NC(=O)CNCC3CC3)n2)cc1. The van der Waals surface area contributed by atoms with Crippen LogP contribution in [0.3, 0.4) is 0 Å². The number of hydrogen-bond acceptors (Lipinski definition) is 4. The molecule has 29 heavy (non-hydrogen) atoms. The number of aromatic nitrogens is 2. The molecule has 1 aliphatic carbocycles. The number of carbonyl (C=O) groups excluding carboxylic acids is 1. The fourth-order valence-electron chi connectivity index (χ4n) is 3.15. The molecule has 4 rings (SSSR count). The minimum absolute atomic E-state index is 0.0918. The number of nitrogens with one attached hydrogen (secondary N) is 2. The zero-order valence-electron chi connectivity index (χ0n) is 16.8. The highest BCUT2D eigenvalue weighted by molar-refractivity contribution is 5.91. The molecule has 6 heteroatoms. The van der Waals surface area contributed by atoms with E-state index < -0.39 is 0 Å². The zero-order chi connectivity index (χ0) is 20.2. The maximum absolute atomic E-state index is 12.4. The molecule has 0 aliphatic heterocycles. The van der Waals surface area contributed by atoms with Crippen molar-refractivity contribution >= 4 is 11.9 Å². The second-order valence-electron chi connectivity index (χ2n) is 7.51. The summed E-state index contributed by atoms with van der Waals surface area (Å²) in [7, 11) is 1.64. The minimum Gasteiger partial charge on any atom is -0.497 e. The molecule has 1 heterocycles. The Morgan fingerprint density at radius 3 is 2.52 bits per heavy atom. The fourth-order valence-corrected chi connectivity index (χ4v) is 3.15. The Labute approximate surface area is 170 Å². The lowest BCUT2D eigenvalue weighted by molar-refractivity contribution is -0.115. The van der Waals surface area contributed by atoms with Crippen molar-refractivity contribution in [1.82, 2.24) is 14.9 Å². The van der Waals surface area contributed by atoms with Crippen LogP contribution in [0.1, 0.15) is 18.4 Å². The highest BCUT2D eigenvalue weighted by atomic mass is 16.5. The van der Waals surface area contributed by atoms with Crippen molar-refractivity contribution in [2.45, 2.75) is 19.8 Å². The number of hydrogen-bond donors (Lipinski definition) is 2. The van der Waals surface area contributed by atoms with Crippen LogP contribution in [0.5, 0.6) is 5.75 Å². The van der Waals surface area contributed by atoms with Crippen LogP contribution in [-0.2, 0) is 4.79 Å². The van der Waals surface area contributed by atoms with Crippen LogP contribution in [0.15, 0.2) is 54.7 Å². The van der Waals surface area contributed by atoms with Crippen LogP contribution in [0.2, 0.25) is 0 Å². The van der Waals surface area contributed by atoms with Crippen LogP contribution in [0.4, 0.5) is 5.95 Å². The number of benzene rings is 2. The van der Waals surface area contributed by atoms with Gasteiger partial charge < -0.3 is 10.1 Å². The summed E-state index contributed by atoms with van der Waals surface area (Å²) in [6.45, 7) is 3.24. The van der Waals surface area contributed by atoms with Gasteiger partial charge in [0.25, 0.3) is 0 Å². The van der Waals surface area contributed by atoms with E-state index in [2.05, 4.69) is 17.6 Å². The summed E-state index contributed by atoms with van der Waals surface area (Å²) < 4.78 is 7.15. The van der Waals surface area contributed by atoms with Gasteiger partial charge in [-0.1, -0.05) is 17.7 Å². The number of amides is 1. The molecule has 1 aromatic heterocycles. The lowest BCUT2D eigenvalue weighted by atomic mass is 10.1. The normalized spacial score (nSPS) is 13.3. The average Bonchev–Trinajstić information content (AvgIpc) is 3.47. The third kappa shape index (κ3) is 4.84. The number of rotatable bonds is 8. The smallest absolute Gasteiger partial charge is 0.240 e. The third-order valence-corrected chi connectivity index (χ3v) is 5.07. The van der Waals surface area contributed by atoms with Gasteiger partial charge in [-0.05, 0) is 68.6 Å². The van der Waals surface area contributed by atoms with Crippen molar-refractivity contribution in [3.05, 3.63) is 60.3 Å². The molecule has 2 N–H and O–H groups in total. The first-order chi connectivity index (χ1) is 14.1. The van der Waals surface area contributed by atoms with Crippen molar-refractivity contribution in [1.29, 1.82) is 0 Å². The molecule has 0 atom stereocenters. The molecule has 6 nitrogen and oxygen atoms in total. The van der Waals surface area contributed by atoms with Gasteiger partial charge in [-0.25, -0.2) is 4.98 Å². The number of imidazole rings is 1. The monoisotopic (exact) mass is 390 g/mol. The number of nitrogens with zero attached hydrogens (tertiary/aromatic N) is 2. The minimum atomic E-state index is -0.0918. The van der Waals surface area contributed by atoms with Crippen LogP contribution >= 0.6 is 0 Å². The van der Waals surface area contributed by atoms with E-state index in [0.717, 1.165) is 35.2 Å². The van der Waals surface area contributed by atoms with Gasteiger partial charge in [0.2, 0.25) is 11.9 Å². The molecule has 0 radical (unpaired) electrons. The quantitative estimate of drug-likeness (QED) is 0.614. The molecule has 1 fully saturated rings. The van der Waals surface area contributed by atoms with E-state index in [4.69, 9.17) is 9.72 Å². The van der Waals surface area contributed by atoms with E-state index in [1.165, 1.54) is 18.4 Å². The highest BCUT2D eigenvalue weighted by Gasteiger charge is 2.21. The van der Waals surface area contributed by atoms with Crippen molar-refractivity contribution in [3.63, 3.8) is 0 Å². The third-order valence-electron chi connectivity index (χ3n) is 5.07. The Bertz CT molecular complexity index is 973. The van der Waals surface area contributed by atoms with Gasteiger partial charge in [-0.15, -0.1) is 0 Å². The number of aryl methyl sites for hydroxylation is 1. The summed E-state index contributed by atoms with van der Waals surface area (Å²) in [6.07, 6.45) is 4.47.